The molecule has 0 radical (unpaired) electrons. The van der Waals surface area contributed by atoms with Crippen LogP contribution in [0.15, 0.2) is 24.3 Å². The maximum atomic E-state index is 5.50. The van der Waals surface area contributed by atoms with Crippen LogP contribution in [0, 0.1) is 12.3 Å². The highest BCUT2D eigenvalue weighted by Crippen LogP contribution is 2.04. The van der Waals surface area contributed by atoms with E-state index in [2.05, 4.69) is 26.8 Å². The molecule has 0 aliphatic rings. The first-order valence-electron chi connectivity index (χ1n) is 3.89. The van der Waals surface area contributed by atoms with E-state index in [1.165, 1.54) is 5.56 Å². The summed E-state index contributed by atoms with van der Waals surface area (Å²) >= 11 is 0. The molecule has 0 spiro atoms. The van der Waals surface area contributed by atoms with Gasteiger partial charge in [-0.2, -0.15) is 0 Å². The van der Waals surface area contributed by atoms with Crippen LogP contribution in [0.5, 0.6) is 0 Å². The quantitative estimate of drug-likeness (QED) is 0.428. The van der Waals surface area contributed by atoms with E-state index < -0.39 is 0 Å². The second kappa shape index (κ2) is 7.61. The number of anilines is 1. The Morgan fingerprint density at radius 3 is 2.31 bits per heavy atom. The first kappa shape index (κ1) is 12.0. The van der Waals surface area contributed by atoms with Gasteiger partial charge >= 0.3 is 0 Å². The minimum absolute atomic E-state index is 0.813. The van der Waals surface area contributed by atoms with Crippen molar-refractivity contribution in [3.8, 4) is 12.3 Å². The second-order valence-corrected chi connectivity index (χ2v) is 2.82. The van der Waals surface area contributed by atoms with Crippen LogP contribution in [0.2, 0.25) is 0 Å². The fourth-order valence-corrected chi connectivity index (χ4v) is 0.989. The molecular weight excluding hydrogens is 179 g/mol. The number of nitrogens with two attached hydrogens (primary N) is 1. The van der Waals surface area contributed by atoms with Crippen LogP contribution in [0.4, 0.5) is 5.69 Å². The topological polar surface area (TPSA) is 38.0 Å². The van der Waals surface area contributed by atoms with Gasteiger partial charge in [-0.3, -0.25) is 5.09 Å². The Hall–Kier alpha value is -1.03. The minimum atomic E-state index is 0.813. The van der Waals surface area contributed by atoms with Crippen LogP contribution in [0.1, 0.15) is 12.5 Å². The third-order valence-corrected chi connectivity index (χ3v) is 1.49. The predicted molar refractivity (Wildman–Crippen MR) is 61.9 cm³/mol. The molecule has 0 saturated carbocycles. The first-order valence-corrected chi connectivity index (χ1v) is 4.47. The second-order valence-electron chi connectivity index (χ2n) is 2.41. The molecule has 3 N–H and O–H groups in total. The van der Waals surface area contributed by atoms with Crippen molar-refractivity contribution in [3.05, 3.63) is 29.8 Å². The van der Waals surface area contributed by atoms with Crippen LogP contribution in [0.3, 0.4) is 0 Å². The molecule has 0 heterocycles. The fourth-order valence-electron chi connectivity index (χ4n) is 0.753. The normalized spacial score (nSPS) is 8.08. The summed E-state index contributed by atoms with van der Waals surface area (Å²) < 4.78 is 0. The predicted octanol–water partition coefficient (Wildman–Crippen LogP) is 1.79. The number of terminal acetylenes is 1. The van der Waals surface area contributed by atoms with Crippen molar-refractivity contribution in [3.63, 3.8) is 0 Å². The third kappa shape index (κ3) is 6.16. The largest absolute Gasteiger partial charge is 0.399 e. The lowest BCUT2D eigenvalue weighted by Gasteiger charge is -1.98. The van der Waals surface area contributed by atoms with Gasteiger partial charge in [0.2, 0.25) is 0 Å². The highest BCUT2D eigenvalue weighted by atomic mass is 31.0. The Bertz CT molecular complexity index is 261. The van der Waals surface area contributed by atoms with Gasteiger partial charge < -0.3 is 5.73 Å². The molecule has 1 rings (SSSR count). The van der Waals surface area contributed by atoms with Gasteiger partial charge in [-0.1, -0.05) is 21.5 Å². The van der Waals surface area contributed by atoms with Gasteiger partial charge in [0, 0.05) is 12.2 Å². The van der Waals surface area contributed by atoms with Gasteiger partial charge in [0.15, 0.2) is 0 Å². The zero-order valence-electron chi connectivity index (χ0n) is 7.75. The van der Waals surface area contributed by atoms with E-state index in [-0.39, 0.29) is 0 Å². The van der Waals surface area contributed by atoms with E-state index in [0.29, 0.717) is 0 Å². The lowest BCUT2D eigenvalue weighted by atomic mass is 10.2. The van der Waals surface area contributed by atoms with E-state index in [9.17, 15) is 0 Å². The molecule has 1 aromatic carbocycles. The van der Waals surface area contributed by atoms with Crippen molar-refractivity contribution in [1.29, 1.82) is 0 Å². The summed E-state index contributed by atoms with van der Waals surface area (Å²) in [5, 5.41) is 2.98. The zero-order valence-corrected chi connectivity index (χ0v) is 8.90. The van der Waals surface area contributed by atoms with Gasteiger partial charge in [-0.05, 0) is 24.6 Å². The van der Waals surface area contributed by atoms with Crippen molar-refractivity contribution in [1.82, 2.24) is 5.09 Å². The van der Waals surface area contributed by atoms with Crippen molar-refractivity contribution in [2.45, 2.75) is 13.5 Å². The number of hydrogen-bond acceptors (Lipinski definition) is 2. The maximum Gasteiger partial charge on any atom is 0.0314 e. The summed E-state index contributed by atoms with van der Waals surface area (Å²) in [7, 11) is 2.46. The maximum absolute atomic E-state index is 5.50. The number of rotatable bonds is 2. The summed E-state index contributed by atoms with van der Waals surface area (Å²) in [6.45, 7) is 2.52. The molecule has 0 aromatic heterocycles. The molecule has 3 heteroatoms. The molecule has 1 unspecified atom stereocenters. The Kier molecular flexibility index (Phi) is 7.01. The van der Waals surface area contributed by atoms with Gasteiger partial charge in [0.1, 0.15) is 0 Å². The molecule has 13 heavy (non-hydrogen) atoms. The molecule has 1 atom stereocenters. The molecule has 0 amide bonds. The van der Waals surface area contributed by atoms with Gasteiger partial charge in [-0.15, -0.1) is 12.3 Å². The van der Waals surface area contributed by atoms with Crippen molar-refractivity contribution >= 4 is 15.1 Å². The van der Waals surface area contributed by atoms with Crippen molar-refractivity contribution in [2.24, 2.45) is 0 Å². The molecule has 70 valence electrons. The molecule has 0 fully saturated rings. The molecule has 2 nitrogen and oxygen atoms in total. The van der Waals surface area contributed by atoms with Gasteiger partial charge in [0.05, 0.1) is 0 Å². The standard InChI is InChI=1S/C7H11N2P.C3H4/c8-7-3-1-6(2-4-7)5-9-10;1-3-2/h1-4,9H,5,8,10H2;1H,2H3. The van der Waals surface area contributed by atoms with Crippen molar-refractivity contribution in [2.75, 3.05) is 5.73 Å². The third-order valence-electron chi connectivity index (χ3n) is 1.29. The number of hydrogen-bond donors (Lipinski definition) is 2. The number of benzene rings is 1. The Labute approximate surface area is 82.2 Å². The summed E-state index contributed by atoms with van der Waals surface area (Å²) in [6, 6.07) is 7.81. The average molecular weight is 194 g/mol. The summed E-state index contributed by atoms with van der Waals surface area (Å²) in [6.07, 6.45) is 4.60. The van der Waals surface area contributed by atoms with E-state index in [0.717, 1.165) is 12.2 Å². The number of nitrogen functional groups attached to an aromatic ring is 1. The van der Waals surface area contributed by atoms with E-state index in [1.54, 1.807) is 6.92 Å². The van der Waals surface area contributed by atoms with Crippen LogP contribution in [-0.2, 0) is 6.54 Å². The monoisotopic (exact) mass is 194 g/mol. The SMILES string of the molecule is C#CC.Nc1ccc(CNP)cc1. The van der Waals surface area contributed by atoms with Crippen LogP contribution < -0.4 is 10.8 Å². The zero-order chi connectivity index (χ0) is 10.1. The lowest BCUT2D eigenvalue weighted by molar-refractivity contribution is 0.979. The Balaban J connectivity index is 0.000000424. The minimum Gasteiger partial charge on any atom is -0.399 e. The van der Waals surface area contributed by atoms with E-state index in [4.69, 9.17) is 5.73 Å². The first-order chi connectivity index (χ1) is 6.24. The molecule has 1 aromatic rings. The summed E-state index contributed by atoms with van der Waals surface area (Å²) in [5.74, 6) is 2.25. The van der Waals surface area contributed by atoms with Crippen LogP contribution >= 0.6 is 9.39 Å². The number of nitrogens with one attached hydrogen (secondary N) is 1. The highest BCUT2D eigenvalue weighted by molar-refractivity contribution is 7.13. The molecule has 0 saturated heterocycles. The van der Waals surface area contributed by atoms with Gasteiger partial charge in [-0.25, -0.2) is 0 Å². The summed E-state index contributed by atoms with van der Waals surface area (Å²) in [4.78, 5) is 0. The Morgan fingerprint density at radius 2 is 1.92 bits per heavy atom. The van der Waals surface area contributed by atoms with E-state index >= 15 is 0 Å². The van der Waals surface area contributed by atoms with Gasteiger partial charge in [0.25, 0.3) is 0 Å². The fraction of sp³-hybridized carbons (Fsp3) is 0.200. The molecule has 0 aliphatic carbocycles. The summed E-state index contributed by atoms with van der Waals surface area (Å²) in [5.41, 5.74) is 7.55. The highest BCUT2D eigenvalue weighted by Gasteiger charge is 1.87. The molecule has 0 bridgehead atoms. The Morgan fingerprint density at radius 1 is 1.46 bits per heavy atom. The van der Waals surface area contributed by atoms with Crippen LogP contribution in [0.25, 0.3) is 0 Å². The molecule has 0 aliphatic heterocycles. The molecular formula is C10H15N2P. The van der Waals surface area contributed by atoms with Crippen molar-refractivity contribution < 1.29 is 0 Å². The lowest BCUT2D eigenvalue weighted by Crippen LogP contribution is -1.97. The smallest absolute Gasteiger partial charge is 0.0314 e. The van der Waals surface area contributed by atoms with Crippen LogP contribution in [-0.4, -0.2) is 0 Å². The van der Waals surface area contributed by atoms with E-state index in [1.807, 2.05) is 24.3 Å². The average Bonchev–Trinajstić information content (AvgIpc) is 2.11.